The van der Waals surface area contributed by atoms with E-state index in [1.807, 2.05) is 18.2 Å². The van der Waals surface area contributed by atoms with E-state index < -0.39 is 11.6 Å². The Morgan fingerprint density at radius 3 is 2.61 bits per heavy atom. The maximum Gasteiger partial charge on any atom is 0.322 e. The van der Waals surface area contributed by atoms with Crippen molar-refractivity contribution in [2.75, 3.05) is 0 Å². The van der Waals surface area contributed by atoms with Crippen LogP contribution in [0, 0.1) is 0 Å². The maximum absolute atomic E-state index is 12.0. The third-order valence-corrected chi connectivity index (χ3v) is 3.99. The van der Waals surface area contributed by atoms with Crippen molar-refractivity contribution in [3.8, 4) is 5.75 Å². The lowest BCUT2D eigenvalue weighted by molar-refractivity contribution is -0.123. The zero-order valence-corrected chi connectivity index (χ0v) is 13.2. The van der Waals surface area contributed by atoms with Gasteiger partial charge in [-0.15, -0.1) is 0 Å². The van der Waals surface area contributed by atoms with E-state index in [0.717, 1.165) is 5.56 Å². The number of nitrogens with one attached hydrogen (secondary N) is 2. The predicted molar refractivity (Wildman–Crippen MR) is 86.3 cm³/mol. The Bertz CT molecular complexity index is 778. The highest BCUT2D eigenvalue weighted by Gasteiger charge is 2.43. The van der Waals surface area contributed by atoms with Gasteiger partial charge in [-0.25, -0.2) is 4.79 Å². The molecule has 0 aromatic heterocycles. The van der Waals surface area contributed by atoms with Gasteiger partial charge in [0.1, 0.15) is 17.9 Å². The predicted octanol–water partition coefficient (Wildman–Crippen LogP) is 2.97. The maximum atomic E-state index is 12.0. The topological polar surface area (TPSA) is 67.4 Å². The summed E-state index contributed by atoms with van der Waals surface area (Å²) in [5.74, 6) is 0.229. The average Bonchev–Trinajstić information content (AvgIpc) is 2.79. The first-order chi connectivity index (χ1) is 11.0. The van der Waals surface area contributed by atoms with Crippen LogP contribution in [0.2, 0.25) is 5.02 Å². The molecule has 0 unspecified atom stereocenters. The highest BCUT2D eigenvalue weighted by Crippen LogP contribution is 2.27. The van der Waals surface area contributed by atoms with E-state index in [9.17, 15) is 9.59 Å². The monoisotopic (exact) mass is 330 g/mol. The molecule has 2 aromatic carbocycles. The molecule has 2 aromatic rings. The molecule has 3 amide bonds. The fourth-order valence-corrected chi connectivity index (χ4v) is 2.65. The first-order valence-electron chi connectivity index (χ1n) is 7.09. The molecule has 3 rings (SSSR count). The van der Waals surface area contributed by atoms with Crippen molar-refractivity contribution >= 4 is 23.5 Å². The summed E-state index contributed by atoms with van der Waals surface area (Å²) in [4.78, 5) is 23.4. The van der Waals surface area contributed by atoms with Crippen molar-refractivity contribution in [2.24, 2.45) is 0 Å². The van der Waals surface area contributed by atoms with Crippen LogP contribution in [0.4, 0.5) is 4.79 Å². The summed E-state index contributed by atoms with van der Waals surface area (Å²) >= 11 is 5.95. The smallest absolute Gasteiger partial charge is 0.322 e. The van der Waals surface area contributed by atoms with Gasteiger partial charge in [-0.1, -0.05) is 35.9 Å². The molecule has 5 nitrogen and oxygen atoms in total. The van der Waals surface area contributed by atoms with E-state index in [0.29, 0.717) is 22.9 Å². The number of hydrogen-bond donors (Lipinski definition) is 2. The van der Waals surface area contributed by atoms with Crippen molar-refractivity contribution in [1.82, 2.24) is 10.6 Å². The van der Waals surface area contributed by atoms with Gasteiger partial charge in [-0.3, -0.25) is 10.1 Å². The van der Waals surface area contributed by atoms with E-state index in [1.54, 1.807) is 37.3 Å². The van der Waals surface area contributed by atoms with Crippen LogP contribution in [0.3, 0.4) is 0 Å². The van der Waals surface area contributed by atoms with Gasteiger partial charge in [0.2, 0.25) is 0 Å². The molecule has 1 heterocycles. The van der Waals surface area contributed by atoms with Crippen molar-refractivity contribution in [3.05, 3.63) is 64.7 Å². The van der Waals surface area contributed by atoms with E-state index >= 15 is 0 Å². The Hall–Kier alpha value is -2.53. The Balaban J connectivity index is 1.78. The molecule has 0 radical (unpaired) electrons. The second kappa shape index (κ2) is 5.93. The standard InChI is InChI=1S/C17H15ClN2O3/c1-17(15(21)19-16(22)20-17)12-5-3-7-14(9-12)23-10-11-4-2-6-13(18)8-11/h2-9H,10H2,1H3,(H2,19,20,21,22)/t17-/m1/s1. The van der Waals surface area contributed by atoms with Gasteiger partial charge in [0.05, 0.1) is 0 Å². The minimum absolute atomic E-state index is 0.360. The summed E-state index contributed by atoms with van der Waals surface area (Å²) in [7, 11) is 0. The number of ether oxygens (including phenoxy) is 1. The van der Waals surface area contributed by atoms with Gasteiger partial charge in [0.15, 0.2) is 0 Å². The van der Waals surface area contributed by atoms with Crippen molar-refractivity contribution in [2.45, 2.75) is 19.1 Å². The SMILES string of the molecule is C[C@]1(c2cccc(OCc3cccc(Cl)c3)c2)NC(=O)NC1=O. The summed E-state index contributed by atoms with van der Waals surface area (Å²) in [6, 6.07) is 14.0. The number of imide groups is 1. The first-order valence-corrected chi connectivity index (χ1v) is 7.46. The van der Waals surface area contributed by atoms with Crippen LogP contribution in [0.5, 0.6) is 5.75 Å². The van der Waals surface area contributed by atoms with Gasteiger partial charge in [-0.05, 0) is 42.3 Å². The van der Waals surface area contributed by atoms with Crippen LogP contribution >= 0.6 is 11.6 Å². The molecule has 0 bridgehead atoms. The zero-order valence-electron chi connectivity index (χ0n) is 12.4. The molecule has 1 saturated heterocycles. The Kier molecular flexibility index (Phi) is 3.96. The van der Waals surface area contributed by atoms with E-state index in [4.69, 9.17) is 16.3 Å². The summed E-state index contributed by atoms with van der Waals surface area (Å²) in [6.45, 7) is 2.02. The highest BCUT2D eigenvalue weighted by molar-refractivity contribution is 6.30. The summed E-state index contributed by atoms with van der Waals surface area (Å²) in [5.41, 5.74) is 0.512. The van der Waals surface area contributed by atoms with E-state index in [2.05, 4.69) is 10.6 Å². The Labute approximate surface area is 138 Å². The number of carbonyl (C=O) groups is 2. The molecule has 0 saturated carbocycles. The number of urea groups is 1. The van der Waals surface area contributed by atoms with Crippen molar-refractivity contribution in [1.29, 1.82) is 0 Å². The van der Waals surface area contributed by atoms with E-state index in [1.165, 1.54) is 0 Å². The van der Waals surface area contributed by atoms with Crippen LogP contribution in [0.15, 0.2) is 48.5 Å². The molecular weight excluding hydrogens is 316 g/mol. The molecule has 6 heteroatoms. The van der Waals surface area contributed by atoms with Gasteiger partial charge in [0, 0.05) is 5.02 Å². The number of benzene rings is 2. The van der Waals surface area contributed by atoms with Crippen LogP contribution < -0.4 is 15.4 Å². The fraction of sp³-hybridized carbons (Fsp3) is 0.176. The number of amides is 3. The Morgan fingerprint density at radius 1 is 1.13 bits per heavy atom. The van der Waals surface area contributed by atoms with Crippen LogP contribution in [0.25, 0.3) is 0 Å². The molecule has 2 N–H and O–H groups in total. The van der Waals surface area contributed by atoms with Gasteiger partial charge < -0.3 is 10.1 Å². The number of rotatable bonds is 4. The van der Waals surface area contributed by atoms with Crippen LogP contribution in [0.1, 0.15) is 18.1 Å². The van der Waals surface area contributed by atoms with Gasteiger partial charge in [-0.2, -0.15) is 0 Å². The molecular formula is C17H15ClN2O3. The molecule has 0 spiro atoms. The number of halogens is 1. The average molecular weight is 331 g/mol. The number of hydrogen-bond acceptors (Lipinski definition) is 3. The third kappa shape index (κ3) is 3.14. The normalized spacial score (nSPS) is 20.1. The van der Waals surface area contributed by atoms with Crippen LogP contribution in [-0.2, 0) is 16.9 Å². The molecule has 0 aliphatic carbocycles. The lowest BCUT2D eigenvalue weighted by atomic mass is 9.92. The quantitative estimate of drug-likeness (QED) is 0.847. The summed E-state index contributed by atoms with van der Waals surface area (Å²) < 4.78 is 5.75. The molecule has 118 valence electrons. The molecule has 1 fully saturated rings. The third-order valence-electron chi connectivity index (χ3n) is 3.75. The lowest BCUT2D eigenvalue weighted by Crippen LogP contribution is -2.40. The Morgan fingerprint density at radius 2 is 1.91 bits per heavy atom. The van der Waals surface area contributed by atoms with Crippen molar-refractivity contribution in [3.63, 3.8) is 0 Å². The molecule has 1 aliphatic rings. The largest absolute Gasteiger partial charge is 0.489 e. The van der Waals surface area contributed by atoms with Crippen LogP contribution in [-0.4, -0.2) is 11.9 Å². The zero-order chi connectivity index (χ0) is 16.4. The highest BCUT2D eigenvalue weighted by atomic mass is 35.5. The number of carbonyl (C=O) groups excluding carboxylic acids is 2. The summed E-state index contributed by atoms with van der Waals surface area (Å²) in [5, 5.41) is 5.53. The lowest BCUT2D eigenvalue weighted by Gasteiger charge is -2.21. The minimum Gasteiger partial charge on any atom is -0.489 e. The van der Waals surface area contributed by atoms with Gasteiger partial charge in [0.25, 0.3) is 5.91 Å². The fourth-order valence-electron chi connectivity index (χ4n) is 2.44. The second-order valence-electron chi connectivity index (χ2n) is 5.48. The first kappa shape index (κ1) is 15.4. The second-order valence-corrected chi connectivity index (χ2v) is 5.92. The minimum atomic E-state index is -1.09. The molecule has 23 heavy (non-hydrogen) atoms. The van der Waals surface area contributed by atoms with Crippen molar-refractivity contribution < 1.29 is 14.3 Å². The summed E-state index contributed by atoms with van der Waals surface area (Å²) in [6.07, 6.45) is 0. The molecule has 1 aliphatic heterocycles. The molecule has 1 atom stereocenters. The van der Waals surface area contributed by atoms with E-state index in [-0.39, 0.29) is 5.91 Å². The van der Waals surface area contributed by atoms with Gasteiger partial charge >= 0.3 is 6.03 Å².